The Labute approximate surface area is 160 Å². The summed E-state index contributed by atoms with van der Waals surface area (Å²) in [6, 6.07) is 11.5. The van der Waals surface area contributed by atoms with Crippen molar-refractivity contribution < 1.29 is 4.39 Å². The van der Waals surface area contributed by atoms with E-state index in [0.29, 0.717) is 33.9 Å². The average molecular weight is 385 g/mol. The Morgan fingerprint density at radius 2 is 1.96 bits per heavy atom. The van der Waals surface area contributed by atoms with Gasteiger partial charge in [0.25, 0.3) is 0 Å². The maximum absolute atomic E-state index is 13.9. The highest BCUT2D eigenvalue weighted by molar-refractivity contribution is 6.30. The quantitative estimate of drug-likeness (QED) is 0.647. The molecule has 8 heteroatoms. The fraction of sp³-hybridized carbons (Fsp3) is 0.158. The van der Waals surface area contributed by atoms with Crippen LogP contribution in [0.15, 0.2) is 53.5 Å². The topological polar surface area (TPSA) is 94.2 Å². The number of benzene rings is 2. The van der Waals surface area contributed by atoms with E-state index in [1.165, 1.54) is 12.1 Å². The first-order valence-corrected chi connectivity index (χ1v) is 8.85. The molecular weight excluding hydrogens is 367 g/mol. The van der Waals surface area contributed by atoms with E-state index < -0.39 is 5.79 Å². The molecular formula is C19H18ClFN6. The number of nitrogens with two attached hydrogens (primary N) is 2. The molecule has 3 aromatic rings. The number of aromatic nitrogens is 2. The Morgan fingerprint density at radius 1 is 1.22 bits per heavy atom. The third-order valence-corrected chi connectivity index (χ3v) is 4.69. The van der Waals surface area contributed by atoms with Crippen LogP contribution in [0.5, 0.6) is 0 Å². The molecule has 0 radical (unpaired) electrons. The number of amidine groups is 1. The summed E-state index contributed by atoms with van der Waals surface area (Å²) in [5.74, 6) is -0.0526. The molecule has 0 fully saturated rings. The molecule has 2 aromatic carbocycles. The summed E-state index contributed by atoms with van der Waals surface area (Å²) in [5, 5.41) is 3.81. The maximum Gasteiger partial charge on any atom is 0.212 e. The van der Waals surface area contributed by atoms with Gasteiger partial charge in [-0.2, -0.15) is 0 Å². The van der Waals surface area contributed by atoms with Crippen LogP contribution in [0, 0.1) is 5.82 Å². The van der Waals surface area contributed by atoms with Crippen LogP contribution in [0.25, 0.3) is 16.9 Å². The van der Waals surface area contributed by atoms with Gasteiger partial charge in [0.1, 0.15) is 23.3 Å². The van der Waals surface area contributed by atoms with Crippen molar-refractivity contribution in [3.8, 4) is 0 Å². The summed E-state index contributed by atoms with van der Waals surface area (Å²) in [7, 11) is 0. The van der Waals surface area contributed by atoms with Gasteiger partial charge in [-0.25, -0.2) is 14.4 Å². The largest absolute Gasteiger partial charge is 0.384 e. The SMILES string of the molecule is CCc1nc2ccc(F)cc2n1C1=CC(N)=NC(N)(c2ccc(Cl)cc2)N1. The van der Waals surface area contributed by atoms with Crippen molar-refractivity contribution in [3.63, 3.8) is 0 Å². The number of hydrogen-bond acceptors (Lipinski definition) is 5. The normalized spacial score (nSPS) is 19.6. The fourth-order valence-electron chi connectivity index (χ4n) is 3.20. The Balaban J connectivity index is 1.85. The second kappa shape index (κ2) is 6.37. The average Bonchev–Trinajstić information content (AvgIpc) is 2.99. The lowest BCUT2D eigenvalue weighted by molar-refractivity contribution is 0.410. The minimum Gasteiger partial charge on any atom is -0.384 e. The Hall–Kier alpha value is -2.90. The van der Waals surface area contributed by atoms with E-state index in [-0.39, 0.29) is 11.7 Å². The van der Waals surface area contributed by atoms with Gasteiger partial charge in [0, 0.05) is 29.1 Å². The first-order valence-electron chi connectivity index (χ1n) is 8.47. The fourth-order valence-corrected chi connectivity index (χ4v) is 3.33. The molecule has 4 rings (SSSR count). The molecule has 0 aliphatic carbocycles. The number of imidazole rings is 1. The first kappa shape index (κ1) is 17.5. The van der Waals surface area contributed by atoms with Crippen LogP contribution < -0.4 is 16.8 Å². The van der Waals surface area contributed by atoms with Gasteiger partial charge in [-0.05, 0) is 24.3 Å². The lowest BCUT2D eigenvalue weighted by atomic mass is 10.1. The van der Waals surface area contributed by atoms with Gasteiger partial charge in [-0.3, -0.25) is 10.3 Å². The molecule has 1 atom stereocenters. The zero-order chi connectivity index (χ0) is 19.2. The Bertz CT molecular complexity index is 1090. The molecule has 138 valence electrons. The zero-order valence-electron chi connectivity index (χ0n) is 14.6. The van der Waals surface area contributed by atoms with Gasteiger partial charge in [-0.15, -0.1) is 0 Å². The maximum atomic E-state index is 13.9. The molecule has 6 nitrogen and oxygen atoms in total. The predicted molar refractivity (Wildman–Crippen MR) is 105 cm³/mol. The number of aryl methyl sites for hydroxylation is 1. The number of nitrogens with one attached hydrogen (secondary N) is 1. The van der Waals surface area contributed by atoms with Gasteiger partial charge in [0.2, 0.25) is 5.79 Å². The molecule has 2 heterocycles. The summed E-state index contributed by atoms with van der Waals surface area (Å²) in [5.41, 5.74) is 14.6. The molecule has 0 spiro atoms. The van der Waals surface area contributed by atoms with E-state index in [9.17, 15) is 4.39 Å². The standard InChI is InChI=1S/C19H18ClFN6/c1-2-17-24-14-8-7-13(21)9-15(14)27(17)18-10-16(22)25-19(23,26-18)11-3-5-12(20)6-4-11/h3-10,26H,2,23H2,1H3,(H2,22,25). The van der Waals surface area contributed by atoms with Crippen molar-refractivity contribution in [2.75, 3.05) is 0 Å². The molecule has 1 aromatic heterocycles. The van der Waals surface area contributed by atoms with Crippen LogP contribution in [0.3, 0.4) is 0 Å². The molecule has 5 N–H and O–H groups in total. The number of aliphatic imine (C=N–C) groups is 1. The number of fused-ring (bicyclic) bond motifs is 1. The monoisotopic (exact) mass is 384 g/mol. The van der Waals surface area contributed by atoms with Gasteiger partial charge in [0.05, 0.1) is 11.0 Å². The number of hydrogen-bond donors (Lipinski definition) is 3. The Morgan fingerprint density at radius 3 is 2.67 bits per heavy atom. The molecule has 0 saturated carbocycles. The van der Waals surface area contributed by atoms with E-state index in [2.05, 4.69) is 15.3 Å². The molecule has 0 saturated heterocycles. The third kappa shape index (κ3) is 3.05. The van der Waals surface area contributed by atoms with Crippen molar-refractivity contribution in [3.05, 3.63) is 70.8 Å². The summed E-state index contributed by atoms with van der Waals surface area (Å²) in [6.45, 7) is 1.98. The van der Waals surface area contributed by atoms with Crippen LogP contribution in [0.4, 0.5) is 4.39 Å². The molecule has 0 amide bonds. The van der Waals surface area contributed by atoms with Gasteiger partial charge in [0.15, 0.2) is 0 Å². The summed E-state index contributed by atoms with van der Waals surface area (Å²) in [6.07, 6.45) is 2.30. The van der Waals surface area contributed by atoms with Crippen molar-refractivity contribution in [1.29, 1.82) is 0 Å². The van der Waals surface area contributed by atoms with Crippen LogP contribution in [-0.2, 0) is 12.2 Å². The van der Waals surface area contributed by atoms with Gasteiger partial charge < -0.3 is 11.1 Å². The molecule has 27 heavy (non-hydrogen) atoms. The lowest BCUT2D eigenvalue weighted by Gasteiger charge is -2.33. The first-order chi connectivity index (χ1) is 12.9. The lowest BCUT2D eigenvalue weighted by Crippen LogP contribution is -2.52. The summed E-state index contributed by atoms with van der Waals surface area (Å²) < 4.78 is 15.7. The van der Waals surface area contributed by atoms with Gasteiger partial charge in [-0.1, -0.05) is 30.7 Å². The molecule has 1 aliphatic heterocycles. The highest BCUT2D eigenvalue weighted by atomic mass is 35.5. The van der Waals surface area contributed by atoms with Crippen molar-refractivity contribution in [2.24, 2.45) is 16.5 Å². The highest BCUT2D eigenvalue weighted by Gasteiger charge is 2.32. The highest BCUT2D eigenvalue weighted by Crippen LogP contribution is 2.28. The number of nitrogens with zero attached hydrogens (tertiary/aromatic N) is 3. The molecule has 1 aliphatic rings. The zero-order valence-corrected chi connectivity index (χ0v) is 15.3. The van der Waals surface area contributed by atoms with Crippen molar-refractivity contribution >= 4 is 34.3 Å². The van der Waals surface area contributed by atoms with E-state index >= 15 is 0 Å². The van der Waals surface area contributed by atoms with Crippen LogP contribution in [0.1, 0.15) is 18.3 Å². The second-order valence-corrected chi connectivity index (χ2v) is 6.75. The van der Waals surface area contributed by atoms with Crippen LogP contribution in [-0.4, -0.2) is 15.4 Å². The minimum atomic E-state index is -1.28. The second-order valence-electron chi connectivity index (χ2n) is 6.31. The van der Waals surface area contributed by atoms with Crippen molar-refractivity contribution in [2.45, 2.75) is 19.1 Å². The van der Waals surface area contributed by atoms with E-state index in [0.717, 1.165) is 5.82 Å². The summed E-state index contributed by atoms with van der Waals surface area (Å²) in [4.78, 5) is 8.94. The van der Waals surface area contributed by atoms with Gasteiger partial charge >= 0.3 is 0 Å². The Kier molecular flexibility index (Phi) is 4.13. The smallest absolute Gasteiger partial charge is 0.212 e. The van der Waals surface area contributed by atoms with Crippen LogP contribution >= 0.6 is 11.6 Å². The van der Waals surface area contributed by atoms with Crippen LogP contribution in [0.2, 0.25) is 5.02 Å². The van der Waals surface area contributed by atoms with E-state index in [1.54, 1.807) is 36.4 Å². The van der Waals surface area contributed by atoms with E-state index in [4.69, 9.17) is 23.1 Å². The summed E-state index contributed by atoms with van der Waals surface area (Å²) >= 11 is 5.97. The molecule has 0 bridgehead atoms. The predicted octanol–water partition coefficient (Wildman–Crippen LogP) is 2.92. The van der Waals surface area contributed by atoms with E-state index in [1.807, 2.05) is 11.5 Å². The van der Waals surface area contributed by atoms with Crippen molar-refractivity contribution in [1.82, 2.24) is 14.9 Å². The molecule has 1 unspecified atom stereocenters. The number of halogens is 2. The third-order valence-electron chi connectivity index (χ3n) is 4.44. The minimum absolute atomic E-state index is 0.251. The number of rotatable bonds is 3.